The number of carbonyl (C=O) groups is 2. The zero-order valence-electron chi connectivity index (χ0n) is 11.5. The Balaban J connectivity index is 1.82. The summed E-state index contributed by atoms with van der Waals surface area (Å²) in [5.41, 5.74) is 0.661. The van der Waals surface area contributed by atoms with Crippen LogP contribution in [0.5, 0.6) is 0 Å². The van der Waals surface area contributed by atoms with Gasteiger partial charge in [0.25, 0.3) is 0 Å². The Morgan fingerprint density at radius 1 is 1.35 bits per heavy atom. The fraction of sp³-hybridized carbons (Fsp3) is 0.500. The van der Waals surface area contributed by atoms with E-state index in [2.05, 4.69) is 22.5 Å². The molecule has 1 saturated carbocycles. The van der Waals surface area contributed by atoms with E-state index in [0.717, 1.165) is 31.2 Å². The predicted molar refractivity (Wildman–Crippen MR) is 73.4 cm³/mol. The van der Waals surface area contributed by atoms with Crippen molar-refractivity contribution in [1.29, 1.82) is 0 Å². The van der Waals surface area contributed by atoms with Crippen molar-refractivity contribution in [3.05, 3.63) is 29.6 Å². The quantitative estimate of drug-likeness (QED) is 0.784. The Kier molecular flexibility index (Phi) is 4.22. The third-order valence-corrected chi connectivity index (χ3v) is 3.62. The predicted octanol–water partition coefficient (Wildman–Crippen LogP) is 1.91. The molecule has 1 aliphatic rings. The Hall–Kier alpha value is -2.11. The van der Waals surface area contributed by atoms with E-state index in [1.54, 1.807) is 6.07 Å². The number of carboxylic acid groups (broad SMARTS) is 1. The molecule has 2 amide bonds. The molecule has 2 rings (SSSR count). The maximum atomic E-state index is 11.8. The van der Waals surface area contributed by atoms with Gasteiger partial charge in [-0.25, -0.2) is 14.6 Å². The summed E-state index contributed by atoms with van der Waals surface area (Å²) in [5.74, 6) is -1.06. The van der Waals surface area contributed by atoms with Crippen molar-refractivity contribution in [3.63, 3.8) is 0 Å². The number of nitrogens with zero attached hydrogens (tertiary/aromatic N) is 1. The number of rotatable bonds is 4. The topological polar surface area (TPSA) is 91.3 Å². The lowest BCUT2D eigenvalue weighted by Gasteiger charge is -2.25. The molecule has 0 atom stereocenters. The van der Waals surface area contributed by atoms with Gasteiger partial charge in [0, 0.05) is 18.3 Å². The van der Waals surface area contributed by atoms with Crippen molar-refractivity contribution in [1.82, 2.24) is 15.6 Å². The van der Waals surface area contributed by atoms with Gasteiger partial charge in [-0.3, -0.25) is 0 Å². The Bertz CT molecular complexity index is 493. The first-order valence-electron chi connectivity index (χ1n) is 6.73. The molecule has 6 heteroatoms. The summed E-state index contributed by atoms with van der Waals surface area (Å²) in [6.45, 7) is 2.39. The molecule has 3 N–H and O–H groups in total. The van der Waals surface area contributed by atoms with Crippen molar-refractivity contribution >= 4 is 12.0 Å². The number of urea groups is 1. The Morgan fingerprint density at radius 3 is 2.60 bits per heavy atom. The second-order valence-electron chi connectivity index (χ2n) is 5.43. The Morgan fingerprint density at radius 2 is 2.05 bits per heavy atom. The van der Waals surface area contributed by atoms with Crippen LogP contribution in [0.3, 0.4) is 0 Å². The van der Waals surface area contributed by atoms with Gasteiger partial charge in [0.05, 0.1) is 0 Å². The van der Waals surface area contributed by atoms with Gasteiger partial charge >= 0.3 is 12.0 Å². The van der Waals surface area contributed by atoms with Crippen LogP contribution >= 0.6 is 0 Å². The molecule has 1 aromatic rings. The van der Waals surface area contributed by atoms with E-state index < -0.39 is 5.97 Å². The van der Waals surface area contributed by atoms with Crippen LogP contribution in [0.1, 0.15) is 48.7 Å². The molecule has 0 radical (unpaired) electrons. The largest absolute Gasteiger partial charge is 0.477 e. The number of aromatic carboxylic acids is 1. The lowest BCUT2D eigenvalue weighted by molar-refractivity contribution is 0.0690. The number of hydrogen-bond donors (Lipinski definition) is 3. The summed E-state index contributed by atoms with van der Waals surface area (Å²) in [5, 5.41) is 14.5. The Labute approximate surface area is 117 Å². The van der Waals surface area contributed by atoms with Crippen LogP contribution in [0.2, 0.25) is 0 Å². The highest BCUT2D eigenvalue weighted by atomic mass is 16.4. The summed E-state index contributed by atoms with van der Waals surface area (Å²) in [4.78, 5) is 26.3. The standard InChI is InChI=1S/C14H19N3O3/c1-14(6-2-3-7-14)17-13(20)16-9-10-4-5-11(12(18)19)15-8-10/h4-5,8H,2-3,6-7,9H2,1H3,(H,18,19)(H2,16,17,20). The zero-order chi connectivity index (χ0) is 14.6. The van der Waals surface area contributed by atoms with Crippen LogP contribution in [-0.4, -0.2) is 27.6 Å². The number of nitrogens with one attached hydrogen (secondary N) is 2. The number of carboxylic acids is 1. The molecule has 0 aliphatic heterocycles. The number of pyridine rings is 1. The van der Waals surface area contributed by atoms with Gasteiger partial charge in [-0.15, -0.1) is 0 Å². The van der Waals surface area contributed by atoms with E-state index in [0.29, 0.717) is 6.54 Å². The highest BCUT2D eigenvalue weighted by Gasteiger charge is 2.29. The first-order valence-corrected chi connectivity index (χ1v) is 6.73. The molecule has 0 bridgehead atoms. The molecule has 0 unspecified atom stereocenters. The van der Waals surface area contributed by atoms with Gasteiger partial charge in [0.2, 0.25) is 0 Å². The van der Waals surface area contributed by atoms with Crippen LogP contribution in [0.25, 0.3) is 0 Å². The maximum Gasteiger partial charge on any atom is 0.354 e. The molecule has 6 nitrogen and oxygen atoms in total. The summed E-state index contributed by atoms with van der Waals surface area (Å²) >= 11 is 0. The van der Waals surface area contributed by atoms with Gasteiger partial charge in [-0.2, -0.15) is 0 Å². The smallest absolute Gasteiger partial charge is 0.354 e. The van der Waals surface area contributed by atoms with E-state index >= 15 is 0 Å². The van der Waals surface area contributed by atoms with Crippen molar-refractivity contribution < 1.29 is 14.7 Å². The second kappa shape index (κ2) is 5.90. The van der Waals surface area contributed by atoms with Crippen LogP contribution in [0, 0.1) is 0 Å². The van der Waals surface area contributed by atoms with Crippen molar-refractivity contribution in [2.45, 2.75) is 44.7 Å². The number of hydrogen-bond acceptors (Lipinski definition) is 3. The van der Waals surface area contributed by atoms with Crippen molar-refractivity contribution in [3.8, 4) is 0 Å². The molecular formula is C14H19N3O3. The average Bonchev–Trinajstić information content (AvgIpc) is 2.83. The monoisotopic (exact) mass is 277 g/mol. The number of carbonyl (C=O) groups excluding carboxylic acids is 1. The zero-order valence-corrected chi connectivity index (χ0v) is 11.5. The van der Waals surface area contributed by atoms with Gasteiger partial charge < -0.3 is 15.7 Å². The van der Waals surface area contributed by atoms with E-state index in [9.17, 15) is 9.59 Å². The van der Waals surface area contributed by atoms with Crippen LogP contribution < -0.4 is 10.6 Å². The van der Waals surface area contributed by atoms with Gasteiger partial charge in [0.1, 0.15) is 5.69 Å². The van der Waals surface area contributed by atoms with Crippen LogP contribution in [0.4, 0.5) is 4.79 Å². The van der Waals surface area contributed by atoms with Crippen molar-refractivity contribution in [2.24, 2.45) is 0 Å². The molecule has 0 saturated heterocycles. The minimum atomic E-state index is -1.06. The lowest BCUT2D eigenvalue weighted by Crippen LogP contribution is -2.48. The second-order valence-corrected chi connectivity index (χ2v) is 5.43. The first kappa shape index (κ1) is 14.3. The molecule has 1 fully saturated rings. The molecule has 108 valence electrons. The molecular weight excluding hydrogens is 258 g/mol. The minimum absolute atomic E-state index is 0.00308. The van der Waals surface area contributed by atoms with Crippen LogP contribution in [-0.2, 0) is 6.54 Å². The third kappa shape index (κ3) is 3.69. The summed E-state index contributed by atoms with van der Waals surface area (Å²) < 4.78 is 0. The molecule has 1 aromatic heterocycles. The molecule has 1 heterocycles. The fourth-order valence-corrected chi connectivity index (χ4v) is 2.44. The summed E-state index contributed by atoms with van der Waals surface area (Å²) in [6, 6.07) is 2.88. The van der Waals surface area contributed by atoms with E-state index in [-0.39, 0.29) is 17.3 Å². The molecule has 0 aromatic carbocycles. The molecule has 0 spiro atoms. The average molecular weight is 277 g/mol. The number of amides is 2. The normalized spacial score (nSPS) is 16.6. The van der Waals surface area contributed by atoms with Gasteiger partial charge in [-0.1, -0.05) is 18.9 Å². The van der Waals surface area contributed by atoms with E-state index in [1.165, 1.54) is 12.3 Å². The van der Waals surface area contributed by atoms with Crippen molar-refractivity contribution in [2.75, 3.05) is 0 Å². The van der Waals surface area contributed by atoms with Crippen LogP contribution in [0.15, 0.2) is 18.3 Å². The highest BCUT2D eigenvalue weighted by molar-refractivity contribution is 5.85. The SMILES string of the molecule is CC1(NC(=O)NCc2ccc(C(=O)O)nc2)CCCC1. The molecule has 1 aliphatic carbocycles. The third-order valence-electron chi connectivity index (χ3n) is 3.62. The van der Waals surface area contributed by atoms with Gasteiger partial charge in [-0.05, 0) is 31.4 Å². The highest BCUT2D eigenvalue weighted by Crippen LogP contribution is 2.28. The fourth-order valence-electron chi connectivity index (χ4n) is 2.44. The maximum absolute atomic E-state index is 11.8. The van der Waals surface area contributed by atoms with E-state index in [1.807, 2.05) is 0 Å². The van der Waals surface area contributed by atoms with Gasteiger partial charge in [0.15, 0.2) is 0 Å². The first-order chi connectivity index (χ1) is 9.48. The minimum Gasteiger partial charge on any atom is -0.477 e. The van der Waals surface area contributed by atoms with E-state index in [4.69, 9.17) is 5.11 Å². The molecule has 20 heavy (non-hydrogen) atoms. The summed E-state index contributed by atoms with van der Waals surface area (Å²) in [7, 11) is 0. The summed E-state index contributed by atoms with van der Waals surface area (Å²) in [6.07, 6.45) is 5.78. The lowest BCUT2D eigenvalue weighted by atomic mass is 10.0. The number of aromatic nitrogens is 1.